The molecule has 4 N–H and O–H groups in total. The van der Waals surface area contributed by atoms with Gasteiger partial charge >= 0.3 is 5.97 Å². The first kappa shape index (κ1) is 16.3. The van der Waals surface area contributed by atoms with E-state index in [1.54, 1.807) is 0 Å². The van der Waals surface area contributed by atoms with Crippen molar-refractivity contribution >= 4 is 21.9 Å². The van der Waals surface area contributed by atoms with Crippen LogP contribution in [0.4, 0.5) is 0 Å². The lowest BCUT2D eigenvalue weighted by atomic mass is 9.96. The van der Waals surface area contributed by atoms with Gasteiger partial charge in [0.15, 0.2) is 5.25 Å². The monoisotopic (exact) mass is 304 g/mol. The van der Waals surface area contributed by atoms with Crippen molar-refractivity contribution in [3.05, 3.63) is 23.8 Å². The Morgan fingerprint density at radius 2 is 2.10 bits per heavy atom. The Morgan fingerprint density at radius 3 is 2.55 bits per heavy atom. The van der Waals surface area contributed by atoms with E-state index in [1.807, 2.05) is 0 Å². The van der Waals surface area contributed by atoms with Crippen LogP contribution in [0.1, 0.15) is 13.8 Å². The Morgan fingerprint density at radius 1 is 1.50 bits per heavy atom. The van der Waals surface area contributed by atoms with E-state index in [-0.39, 0.29) is 12.1 Å². The predicted molar refractivity (Wildman–Crippen MR) is 69.5 cm³/mol. The van der Waals surface area contributed by atoms with E-state index in [0.717, 1.165) is 13.0 Å². The molecule has 8 nitrogen and oxygen atoms in total. The second kappa shape index (κ2) is 5.73. The molecule has 0 spiro atoms. The van der Waals surface area contributed by atoms with Gasteiger partial charge in [0.2, 0.25) is 15.9 Å². The normalized spacial score (nSPS) is 25.8. The number of rotatable bonds is 4. The minimum absolute atomic E-state index is 0.00410. The van der Waals surface area contributed by atoms with Crippen LogP contribution in [0.25, 0.3) is 0 Å². The SMILES string of the molecule is CC(=O)NCC1=CC=CC(S(N)(=O)=O)C1(O)OC(C)=O. The van der Waals surface area contributed by atoms with Crippen LogP contribution in [0.5, 0.6) is 0 Å². The average molecular weight is 304 g/mol. The number of hydrogen-bond donors (Lipinski definition) is 3. The van der Waals surface area contributed by atoms with Gasteiger partial charge in [-0.3, -0.25) is 9.59 Å². The number of aliphatic hydroxyl groups is 1. The van der Waals surface area contributed by atoms with Crippen molar-refractivity contribution < 1.29 is 27.9 Å². The molecular formula is C11H16N2O6S. The standard InChI is InChI=1S/C11H16N2O6S/c1-7(14)13-6-9-4-3-5-10(20(12,17)18)11(9,16)19-8(2)15/h3-5,10,16H,6H2,1-2H3,(H,13,14)(H2,12,17,18). The van der Waals surface area contributed by atoms with Gasteiger partial charge in [0, 0.05) is 26.0 Å². The lowest BCUT2D eigenvalue weighted by molar-refractivity contribution is -0.190. The van der Waals surface area contributed by atoms with E-state index in [2.05, 4.69) is 5.32 Å². The van der Waals surface area contributed by atoms with Gasteiger partial charge in [-0.05, 0) is 0 Å². The van der Waals surface area contributed by atoms with Crippen LogP contribution in [0.15, 0.2) is 23.8 Å². The number of hydrogen-bond acceptors (Lipinski definition) is 6. The molecule has 0 saturated heterocycles. The molecular weight excluding hydrogens is 288 g/mol. The summed E-state index contributed by atoms with van der Waals surface area (Å²) in [5.74, 6) is -3.72. The highest BCUT2D eigenvalue weighted by molar-refractivity contribution is 7.90. The number of nitrogens with one attached hydrogen (secondary N) is 1. The Bertz CT molecular complexity index is 580. The molecule has 0 radical (unpaired) electrons. The average Bonchev–Trinajstić information content (AvgIpc) is 2.24. The molecule has 0 aliphatic heterocycles. The smallest absolute Gasteiger partial charge is 0.305 e. The molecule has 0 bridgehead atoms. The zero-order chi connectivity index (χ0) is 15.6. The van der Waals surface area contributed by atoms with E-state index in [4.69, 9.17) is 9.88 Å². The maximum atomic E-state index is 11.5. The molecule has 1 aliphatic rings. The fraction of sp³-hybridized carbons (Fsp3) is 0.455. The summed E-state index contributed by atoms with van der Waals surface area (Å²) in [7, 11) is -4.22. The number of allylic oxidation sites excluding steroid dienone is 2. The van der Waals surface area contributed by atoms with Crippen LogP contribution in [-0.4, -0.2) is 43.0 Å². The van der Waals surface area contributed by atoms with E-state index >= 15 is 0 Å². The number of sulfonamides is 1. The maximum absolute atomic E-state index is 11.5. The Hall–Kier alpha value is -1.71. The Balaban J connectivity index is 3.20. The van der Waals surface area contributed by atoms with Crippen molar-refractivity contribution in [2.24, 2.45) is 5.14 Å². The van der Waals surface area contributed by atoms with Gasteiger partial charge in [0.05, 0.1) is 0 Å². The lowest BCUT2D eigenvalue weighted by Gasteiger charge is -2.35. The van der Waals surface area contributed by atoms with Crippen molar-refractivity contribution in [2.45, 2.75) is 24.9 Å². The highest BCUT2D eigenvalue weighted by Gasteiger charge is 2.49. The minimum Gasteiger partial charge on any atom is -0.427 e. The highest BCUT2D eigenvalue weighted by atomic mass is 32.2. The molecule has 0 saturated carbocycles. The molecule has 0 aromatic carbocycles. The molecule has 112 valence electrons. The molecule has 9 heteroatoms. The molecule has 20 heavy (non-hydrogen) atoms. The van der Waals surface area contributed by atoms with Crippen molar-refractivity contribution in [1.29, 1.82) is 0 Å². The van der Waals surface area contributed by atoms with Gasteiger partial charge < -0.3 is 15.2 Å². The van der Waals surface area contributed by atoms with Crippen LogP contribution in [0.3, 0.4) is 0 Å². The van der Waals surface area contributed by atoms with Crippen LogP contribution in [0, 0.1) is 0 Å². The van der Waals surface area contributed by atoms with Gasteiger partial charge in [0.25, 0.3) is 5.79 Å². The summed E-state index contributed by atoms with van der Waals surface area (Å²) < 4.78 is 27.8. The molecule has 1 aliphatic carbocycles. The van der Waals surface area contributed by atoms with Gasteiger partial charge in [-0.15, -0.1) is 0 Å². The van der Waals surface area contributed by atoms with Gasteiger partial charge in [-0.1, -0.05) is 18.2 Å². The highest BCUT2D eigenvalue weighted by Crippen LogP contribution is 2.31. The topological polar surface area (TPSA) is 136 Å². The van der Waals surface area contributed by atoms with Crippen molar-refractivity contribution in [3.8, 4) is 0 Å². The third kappa shape index (κ3) is 3.65. The summed E-state index contributed by atoms with van der Waals surface area (Å²) in [4.78, 5) is 22.0. The van der Waals surface area contributed by atoms with Crippen LogP contribution in [-0.2, 0) is 24.3 Å². The molecule has 0 heterocycles. The van der Waals surface area contributed by atoms with E-state index < -0.39 is 32.9 Å². The second-order valence-electron chi connectivity index (χ2n) is 4.29. The summed E-state index contributed by atoms with van der Waals surface area (Å²) in [6, 6.07) is 0. The summed E-state index contributed by atoms with van der Waals surface area (Å²) >= 11 is 0. The summed E-state index contributed by atoms with van der Waals surface area (Å²) in [6.45, 7) is 2.09. The molecule has 1 amide bonds. The summed E-state index contributed by atoms with van der Waals surface area (Å²) in [5.41, 5.74) is 0.00410. The van der Waals surface area contributed by atoms with Crippen LogP contribution in [0.2, 0.25) is 0 Å². The number of carbonyl (C=O) groups excluding carboxylic acids is 2. The molecule has 2 unspecified atom stereocenters. The fourth-order valence-electron chi connectivity index (χ4n) is 1.79. The van der Waals surface area contributed by atoms with Crippen molar-refractivity contribution in [1.82, 2.24) is 5.32 Å². The first-order valence-electron chi connectivity index (χ1n) is 5.63. The van der Waals surface area contributed by atoms with Crippen molar-refractivity contribution in [2.75, 3.05) is 6.54 Å². The molecule has 1 rings (SSSR count). The van der Waals surface area contributed by atoms with Crippen molar-refractivity contribution in [3.63, 3.8) is 0 Å². The number of esters is 1. The van der Waals surface area contributed by atoms with E-state index in [0.29, 0.717) is 0 Å². The molecule has 0 aromatic rings. The largest absolute Gasteiger partial charge is 0.427 e. The quantitative estimate of drug-likeness (QED) is 0.428. The zero-order valence-electron chi connectivity index (χ0n) is 11.0. The number of ether oxygens (including phenoxy) is 1. The predicted octanol–water partition coefficient (Wildman–Crippen LogP) is -1.47. The number of amides is 1. The number of primary sulfonamides is 1. The molecule has 2 atom stereocenters. The lowest BCUT2D eigenvalue weighted by Crippen LogP contribution is -2.55. The molecule has 0 aromatic heterocycles. The van der Waals surface area contributed by atoms with E-state index in [1.165, 1.54) is 19.1 Å². The number of carbonyl (C=O) groups is 2. The maximum Gasteiger partial charge on any atom is 0.305 e. The number of nitrogens with two attached hydrogens (primary N) is 1. The Kier molecular flexibility index (Phi) is 4.69. The van der Waals surface area contributed by atoms with Crippen LogP contribution >= 0.6 is 0 Å². The van der Waals surface area contributed by atoms with E-state index in [9.17, 15) is 23.1 Å². The minimum atomic E-state index is -4.22. The molecule has 0 fully saturated rings. The summed E-state index contributed by atoms with van der Waals surface area (Å²) in [6.07, 6.45) is 3.81. The van der Waals surface area contributed by atoms with Crippen LogP contribution < -0.4 is 10.5 Å². The van der Waals surface area contributed by atoms with Gasteiger partial charge in [0.1, 0.15) is 0 Å². The third-order valence-electron chi connectivity index (χ3n) is 2.61. The third-order valence-corrected chi connectivity index (χ3v) is 3.79. The summed E-state index contributed by atoms with van der Waals surface area (Å²) in [5, 5.41) is 16.2. The zero-order valence-corrected chi connectivity index (χ0v) is 11.8. The first-order valence-corrected chi connectivity index (χ1v) is 7.24. The van der Waals surface area contributed by atoms with Gasteiger partial charge in [-0.25, -0.2) is 13.6 Å². The second-order valence-corrected chi connectivity index (χ2v) is 5.97. The first-order chi connectivity index (χ1) is 9.07. The Labute approximate surface area is 116 Å². The fourth-order valence-corrected chi connectivity index (χ4v) is 2.74. The van der Waals surface area contributed by atoms with Gasteiger partial charge in [-0.2, -0.15) is 0 Å².